The second-order valence-corrected chi connectivity index (χ2v) is 5.09. The maximum absolute atomic E-state index is 12.0. The lowest BCUT2D eigenvalue weighted by molar-refractivity contribution is 0.1000. The van der Waals surface area contributed by atoms with E-state index in [0.29, 0.717) is 12.1 Å². The van der Waals surface area contributed by atoms with Crippen molar-refractivity contribution in [1.82, 2.24) is 14.6 Å². The van der Waals surface area contributed by atoms with Crippen LogP contribution in [-0.4, -0.2) is 39.2 Å². The molecule has 0 bridgehead atoms. The molecule has 4 rings (SSSR count). The van der Waals surface area contributed by atoms with E-state index in [0.717, 1.165) is 28.2 Å². The number of aromatic nitrogens is 3. The summed E-state index contributed by atoms with van der Waals surface area (Å²) >= 11 is 0. The largest absolute Gasteiger partial charge is 0.325 e. The lowest BCUT2D eigenvalue weighted by atomic mass is 9.94. The molecule has 0 saturated carbocycles. The number of ketones is 1. The highest BCUT2D eigenvalue weighted by Gasteiger charge is 2.20. The summed E-state index contributed by atoms with van der Waals surface area (Å²) < 4.78 is 1.77. The highest BCUT2D eigenvalue weighted by Crippen LogP contribution is 2.25. The quantitative estimate of drug-likeness (QED) is 0.772. The predicted octanol–water partition coefficient (Wildman–Crippen LogP) is 1.34. The van der Waals surface area contributed by atoms with E-state index in [1.54, 1.807) is 16.9 Å². The van der Waals surface area contributed by atoms with Crippen LogP contribution in [-0.2, 0) is 0 Å². The Kier molecular flexibility index (Phi) is 2.83. The van der Waals surface area contributed by atoms with Crippen LogP contribution in [0.4, 0.5) is 0 Å². The Morgan fingerprint density at radius 2 is 2.14 bits per heavy atom. The summed E-state index contributed by atoms with van der Waals surface area (Å²) in [5.74, 6) is 0.0232. The number of imidazole rings is 1. The van der Waals surface area contributed by atoms with Crippen LogP contribution in [0.25, 0.3) is 16.9 Å². The van der Waals surface area contributed by atoms with Gasteiger partial charge in [0.15, 0.2) is 11.4 Å². The summed E-state index contributed by atoms with van der Waals surface area (Å²) in [7, 11) is 0. The van der Waals surface area contributed by atoms with Crippen LogP contribution < -0.4 is 5.73 Å². The van der Waals surface area contributed by atoms with E-state index in [-0.39, 0.29) is 12.3 Å². The van der Waals surface area contributed by atoms with Gasteiger partial charge in [0.25, 0.3) is 0 Å². The molecular weight excluding hydrogens is 278 g/mol. The van der Waals surface area contributed by atoms with Gasteiger partial charge in [-0.05, 0) is 24.3 Å². The number of carbonyl (C=O) groups is 1. The SMILES string of the molecule is NCC1=NCC(=O)c2ccc(-c3cnc4cccnn34)cc21. The molecule has 2 N–H and O–H groups in total. The first-order chi connectivity index (χ1) is 10.8. The lowest BCUT2D eigenvalue weighted by Crippen LogP contribution is -2.25. The van der Waals surface area contributed by atoms with E-state index in [4.69, 9.17) is 5.73 Å². The number of fused-ring (bicyclic) bond motifs is 2. The molecule has 1 aliphatic rings. The van der Waals surface area contributed by atoms with Crippen molar-refractivity contribution in [3.63, 3.8) is 0 Å². The van der Waals surface area contributed by atoms with Gasteiger partial charge in [-0.3, -0.25) is 9.79 Å². The summed E-state index contributed by atoms with van der Waals surface area (Å²) in [6.07, 6.45) is 3.49. The van der Waals surface area contributed by atoms with Gasteiger partial charge in [0.2, 0.25) is 0 Å². The zero-order valence-corrected chi connectivity index (χ0v) is 11.7. The highest BCUT2D eigenvalue weighted by atomic mass is 16.1. The topological polar surface area (TPSA) is 85.6 Å². The molecule has 0 fully saturated rings. The molecule has 0 amide bonds. The van der Waals surface area contributed by atoms with Gasteiger partial charge >= 0.3 is 0 Å². The molecule has 0 saturated heterocycles. The van der Waals surface area contributed by atoms with Gasteiger partial charge in [0.1, 0.15) is 6.54 Å². The van der Waals surface area contributed by atoms with Crippen LogP contribution in [0.1, 0.15) is 15.9 Å². The predicted molar refractivity (Wildman–Crippen MR) is 83.2 cm³/mol. The molecule has 2 aromatic heterocycles. The van der Waals surface area contributed by atoms with Gasteiger partial charge in [-0.25, -0.2) is 9.50 Å². The number of aliphatic imine (C=N–C) groups is 1. The van der Waals surface area contributed by atoms with Gasteiger partial charge in [-0.2, -0.15) is 5.10 Å². The third-order valence-electron chi connectivity index (χ3n) is 3.81. The number of carbonyl (C=O) groups excluding carboxylic acids is 1. The number of rotatable bonds is 2. The molecule has 0 unspecified atom stereocenters. The molecule has 3 heterocycles. The van der Waals surface area contributed by atoms with E-state index in [1.165, 1.54) is 0 Å². The van der Waals surface area contributed by atoms with Crippen LogP contribution >= 0.6 is 0 Å². The molecule has 0 aliphatic carbocycles. The van der Waals surface area contributed by atoms with Crippen molar-refractivity contribution < 1.29 is 4.79 Å². The molecule has 1 aliphatic heterocycles. The number of nitrogens with two attached hydrogens (primary N) is 1. The molecule has 0 radical (unpaired) electrons. The number of nitrogens with zero attached hydrogens (tertiary/aromatic N) is 4. The smallest absolute Gasteiger partial charge is 0.184 e. The summed E-state index contributed by atoms with van der Waals surface area (Å²) in [5.41, 5.74) is 10.6. The summed E-state index contributed by atoms with van der Waals surface area (Å²) in [4.78, 5) is 20.6. The van der Waals surface area contributed by atoms with Crippen LogP contribution in [0, 0.1) is 0 Å². The van der Waals surface area contributed by atoms with Crippen molar-refractivity contribution in [3.05, 3.63) is 53.9 Å². The number of hydrogen-bond acceptors (Lipinski definition) is 5. The Bertz CT molecular complexity index is 925. The van der Waals surface area contributed by atoms with Crippen molar-refractivity contribution in [2.24, 2.45) is 10.7 Å². The zero-order chi connectivity index (χ0) is 15.1. The maximum Gasteiger partial charge on any atom is 0.184 e. The first kappa shape index (κ1) is 12.8. The van der Waals surface area contributed by atoms with Crippen LogP contribution in [0.3, 0.4) is 0 Å². The second kappa shape index (κ2) is 4.85. The van der Waals surface area contributed by atoms with Gasteiger partial charge < -0.3 is 5.73 Å². The molecule has 22 heavy (non-hydrogen) atoms. The zero-order valence-electron chi connectivity index (χ0n) is 11.7. The average Bonchev–Trinajstić information content (AvgIpc) is 2.99. The van der Waals surface area contributed by atoms with Crippen LogP contribution in [0.2, 0.25) is 0 Å². The fraction of sp³-hybridized carbons (Fsp3) is 0.125. The van der Waals surface area contributed by atoms with Crippen LogP contribution in [0.5, 0.6) is 0 Å². The van der Waals surface area contributed by atoms with Crippen molar-refractivity contribution >= 4 is 17.1 Å². The fourth-order valence-electron chi connectivity index (χ4n) is 2.72. The molecule has 6 heteroatoms. The number of Topliss-reactive ketones (excluding diaryl/α,β-unsaturated/α-hetero) is 1. The van der Waals surface area contributed by atoms with Crippen molar-refractivity contribution in [2.45, 2.75) is 0 Å². The number of hydrogen-bond donors (Lipinski definition) is 1. The summed E-state index contributed by atoms with van der Waals surface area (Å²) in [5, 5.41) is 4.32. The standard InChI is InChI=1S/C16H13N5O/c17-7-13-12-6-10(3-4-11(12)15(22)9-18-13)14-8-19-16-2-1-5-20-21(14)16/h1-6,8H,7,9,17H2. The molecule has 1 aromatic carbocycles. The van der Waals surface area contributed by atoms with Crippen molar-refractivity contribution in [2.75, 3.05) is 13.1 Å². The second-order valence-electron chi connectivity index (χ2n) is 5.09. The first-order valence-corrected chi connectivity index (χ1v) is 6.98. The third-order valence-corrected chi connectivity index (χ3v) is 3.81. The van der Waals surface area contributed by atoms with E-state index in [1.807, 2.05) is 30.3 Å². The van der Waals surface area contributed by atoms with Gasteiger partial charge in [-0.1, -0.05) is 6.07 Å². The Hall–Kier alpha value is -2.86. The van der Waals surface area contributed by atoms with E-state index in [9.17, 15) is 4.79 Å². The van der Waals surface area contributed by atoms with Gasteiger partial charge in [0.05, 0.1) is 17.6 Å². The van der Waals surface area contributed by atoms with Crippen LogP contribution in [0.15, 0.2) is 47.7 Å². The Labute approximate surface area is 126 Å². The molecule has 0 atom stereocenters. The van der Waals surface area contributed by atoms with Crippen molar-refractivity contribution in [3.8, 4) is 11.3 Å². The minimum atomic E-state index is 0.0232. The molecular formula is C16H13N5O. The summed E-state index contributed by atoms with van der Waals surface area (Å²) in [6.45, 7) is 0.491. The molecule has 108 valence electrons. The lowest BCUT2D eigenvalue weighted by Gasteiger charge is -2.16. The third kappa shape index (κ3) is 1.85. The maximum atomic E-state index is 12.0. The molecule has 6 nitrogen and oxygen atoms in total. The van der Waals surface area contributed by atoms with Gasteiger partial charge in [-0.15, -0.1) is 0 Å². The van der Waals surface area contributed by atoms with Gasteiger partial charge in [0, 0.05) is 29.4 Å². The monoisotopic (exact) mass is 291 g/mol. The number of benzene rings is 1. The Morgan fingerprint density at radius 1 is 1.23 bits per heavy atom. The fourth-order valence-corrected chi connectivity index (χ4v) is 2.72. The molecule has 0 spiro atoms. The molecule has 3 aromatic rings. The first-order valence-electron chi connectivity index (χ1n) is 6.98. The Morgan fingerprint density at radius 3 is 3.00 bits per heavy atom. The average molecular weight is 291 g/mol. The van der Waals surface area contributed by atoms with E-state index >= 15 is 0 Å². The highest BCUT2D eigenvalue weighted by molar-refractivity contribution is 6.16. The summed E-state index contributed by atoms with van der Waals surface area (Å²) in [6, 6.07) is 9.42. The normalized spacial score (nSPS) is 14.0. The van der Waals surface area contributed by atoms with Crippen molar-refractivity contribution in [1.29, 1.82) is 0 Å². The minimum absolute atomic E-state index is 0.0232. The van der Waals surface area contributed by atoms with E-state index < -0.39 is 0 Å². The van der Waals surface area contributed by atoms with E-state index in [2.05, 4.69) is 15.1 Å². The Balaban J connectivity index is 1.92. The minimum Gasteiger partial charge on any atom is -0.325 e.